The Morgan fingerprint density at radius 3 is 2.67 bits per heavy atom. The van der Waals surface area contributed by atoms with Crippen molar-refractivity contribution >= 4 is 27.5 Å². The van der Waals surface area contributed by atoms with Gasteiger partial charge in [-0.15, -0.1) is 0 Å². The molecule has 2 fully saturated rings. The zero-order chi connectivity index (χ0) is 18.8. The molecule has 2 saturated heterocycles. The van der Waals surface area contributed by atoms with Crippen molar-refractivity contribution in [3.05, 3.63) is 74.2 Å². The maximum absolute atomic E-state index is 13.4. The van der Waals surface area contributed by atoms with Crippen molar-refractivity contribution in [3.63, 3.8) is 0 Å². The summed E-state index contributed by atoms with van der Waals surface area (Å²) < 4.78 is 0.910. The van der Waals surface area contributed by atoms with E-state index in [2.05, 4.69) is 26.1 Å². The Morgan fingerprint density at radius 1 is 1.19 bits per heavy atom. The number of hydrogen-bond donors (Lipinski definition) is 1. The van der Waals surface area contributed by atoms with Crippen LogP contribution >= 0.6 is 15.9 Å². The lowest BCUT2D eigenvalue weighted by Gasteiger charge is -2.36. The SMILES string of the molecule is O=C1Nc2ccccc2[C@@]12[C@@H](c1ccc(Br)cc1)[C@H]([N+](=O)[O-])C1CCCN12. The molecule has 1 amide bonds. The number of hydrogen-bond acceptors (Lipinski definition) is 4. The Kier molecular flexibility index (Phi) is 3.67. The van der Waals surface area contributed by atoms with Crippen LogP contribution in [0.15, 0.2) is 53.0 Å². The van der Waals surface area contributed by atoms with Crippen molar-refractivity contribution in [1.82, 2.24) is 4.90 Å². The van der Waals surface area contributed by atoms with Crippen molar-refractivity contribution in [1.29, 1.82) is 0 Å². The van der Waals surface area contributed by atoms with E-state index in [1.165, 1.54) is 0 Å². The number of fused-ring (bicyclic) bond motifs is 4. The molecule has 0 aliphatic carbocycles. The molecule has 7 heteroatoms. The van der Waals surface area contributed by atoms with Gasteiger partial charge in [-0.1, -0.05) is 46.3 Å². The van der Waals surface area contributed by atoms with Gasteiger partial charge in [0.25, 0.3) is 5.91 Å². The molecule has 2 aromatic rings. The summed E-state index contributed by atoms with van der Waals surface area (Å²) in [5, 5.41) is 15.2. The summed E-state index contributed by atoms with van der Waals surface area (Å²) >= 11 is 3.44. The predicted molar refractivity (Wildman–Crippen MR) is 104 cm³/mol. The van der Waals surface area contributed by atoms with E-state index in [9.17, 15) is 14.9 Å². The molecule has 1 spiro atoms. The molecule has 1 unspecified atom stereocenters. The van der Waals surface area contributed by atoms with E-state index >= 15 is 0 Å². The summed E-state index contributed by atoms with van der Waals surface area (Å²) in [6.45, 7) is 0.698. The molecule has 27 heavy (non-hydrogen) atoms. The molecule has 3 aliphatic heterocycles. The van der Waals surface area contributed by atoms with E-state index in [1.54, 1.807) is 0 Å². The number of rotatable bonds is 2. The molecule has 0 aromatic heterocycles. The van der Waals surface area contributed by atoms with Crippen LogP contribution in [0.2, 0.25) is 0 Å². The summed E-state index contributed by atoms with van der Waals surface area (Å²) in [5.41, 5.74) is 1.43. The van der Waals surface area contributed by atoms with Crippen LogP contribution < -0.4 is 5.32 Å². The van der Waals surface area contributed by atoms with E-state index in [4.69, 9.17) is 0 Å². The maximum Gasteiger partial charge on any atom is 0.250 e. The van der Waals surface area contributed by atoms with E-state index in [-0.39, 0.29) is 16.9 Å². The zero-order valence-electron chi connectivity index (χ0n) is 14.5. The molecule has 4 atom stereocenters. The minimum Gasteiger partial charge on any atom is -0.324 e. The van der Waals surface area contributed by atoms with Crippen LogP contribution in [0.1, 0.15) is 29.9 Å². The zero-order valence-corrected chi connectivity index (χ0v) is 16.1. The van der Waals surface area contributed by atoms with Gasteiger partial charge in [0.1, 0.15) is 5.54 Å². The Morgan fingerprint density at radius 2 is 1.93 bits per heavy atom. The van der Waals surface area contributed by atoms with E-state index in [0.717, 1.165) is 34.1 Å². The standard InChI is InChI=1S/C20H18BrN3O3/c21-13-9-7-12(8-10-13)17-18(24(26)27)16-6-3-11-23(16)20(17)14-4-1-2-5-15(14)22-19(20)25/h1-2,4-5,7-10,16-18H,3,6,11H2,(H,22,25)/t16?,17-,18+,20+/m0/s1. The number of anilines is 1. The van der Waals surface area contributed by atoms with Crippen LogP contribution in [0.5, 0.6) is 0 Å². The van der Waals surface area contributed by atoms with Crippen molar-refractivity contribution in [3.8, 4) is 0 Å². The fraction of sp³-hybridized carbons (Fsp3) is 0.350. The van der Waals surface area contributed by atoms with Crippen molar-refractivity contribution in [2.75, 3.05) is 11.9 Å². The van der Waals surface area contributed by atoms with Gasteiger partial charge in [-0.25, -0.2) is 0 Å². The van der Waals surface area contributed by atoms with Gasteiger partial charge in [0.05, 0.1) is 12.0 Å². The highest BCUT2D eigenvalue weighted by Gasteiger charge is 2.71. The lowest BCUT2D eigenvalue weighted by atomic mass is 9.73. The number of nitrogens with zero attached hydrogens (tertiary/aromatic N) is 2. The summed E-state index contributed by atoms with van der Waals surface area (Å²) in [4.78, 5) is 27.6. The number of nitrogens with one attached hydrogen (secondary N) is 1. The number of carbonyl (C=O) groups excluding carboxylic acids is 1. The molecule has 0 bridgehead atoms. The van der Waals surface area contributed by atoms with E-state index in [0.29, 0.717) is 6.54 Å². The number of nitro groups is 1. The number of halogens is 1. The summed E-state index contributed by atoms with van der Waals surface area (Å²) in [6, 6.07) is 14.2. The molecule has 1 N–H and O–H groups in total. The van der Waals surface area contributed by atoms with Crippen molar-refractivity contribution in [2.24, 2.45) is 0 Å². The normalized spacial score (nSPS) is 31.7. The molecular formula is C20H18BrN3O3. The lowest BCUT2D eigenvalue weighted by molar-refractivity contribution is -0.527. The smallest absolute Gasteiger partial charge is 0.250 e. The number of para-hydroxylation sites is 1. The summed E-state index contributed by atoms with van der Waals surface area (Å²) in [5.74, 6) is -0.678. The van der Waals surface area contributed by atoms with Crippen molar-refractivity contribution < 1.29 is 9.72 Å². The minimum atomic E-state index is -1.02. The van der Waals surface area contributed by atoms with Gasteiger partial charge in [0, 0.05) is 27.2 Å². The highest BCUT2D eigenvalue weighted by atomic mass is 79.9. The Balaban J connectivity index is 1.80. The number of benzene rings is 2. The Bertz CT molecular complexity index is 948. The van der Waals surface area contributed by atoms with Crippen LogP contribution in [-0.4, -0.2) is 34.4 Å². The number of carbonyl (C=O) groups is 1. The van der Waals surface area contributed by atoms with Gasteiger partial charge in [-0.2, -0.15) is 0 Å². The second-order valence-electron chi connectivity index (χ2n) is 7.47. The largest absolute Gasteiger partial charge is 0.324 e. The number of amides is 1. The van der Waals surface area contributed by atoms with E-state index < -0.39 is 17.5 Å². The van der Waals surface area contributed by atoms with Crippen molar-refractivity contribution in [2.45, 2.75) is 36.4 Å². The fourth-order valence-electron chi connectivity index (χ4n) is 5.46. The Labute approximate surface area is 164 Å². The molecule has 3 heterocycles. The third-order valence-corrected chi connectivity index (χ3v) is 6.87. The van der Waals surface area contributed by atoms with Gasteiger partial charge < -0.3 is 5.32 Å². The van der Waals surface area contributed by atoms with Gasteiger partial charge in [0.15, 0.2) is 0 Å². The fourth-order valence-corrected chi connectivity index (χ4v) is 5.73. The third kappa shape index (κ3) is 2.12. The van der Waals surface area contributed by atoms with Crippen LogP contribution in [0.4, 0.5) is 5.69 Å². The third-order valence-electron chi connectivity index (χ3n) is 6.34. The lowest BCUT2D eigenvalue weighted by Crippen LogP contribution is -2.50. The average molecular weight is 428 g/mol. The summed E-state index contributed by atoms with van der Waals surface area (Å²) in [7, 11) is 0. The molecule has 3 aliphatic rings. The molecule has 0 radical (unpaired) electrons. The first-order chi connectivity index (χ1) is 13.0. The van der Waals surface area contributed by atoms with Crippen LogP contribution in [-0.2, 0) is 10.3 Å². The molecule has 138 valence electrons. The van der Waals surface area contributed by atoms with Gasteiger partial charge in [0.2, 0.25) is 6.04 Å². The molecule has 6 nitrogen and oxygen atoms in total. The molecule has 0 saturated carbocycles. The minimum absolute atomic E-state index is 0.145. The topological polar surface area (TPSA) is 75.5 Å². The second kappa shape index (κ2) is 5.87. The van der Waals surface area contributed by atoms with Gasteiger partial charge in [-0.3, -0.25) is 19.8 Å². The first kappa shape index (κ1) is 16.9. The Hall–Kier alpha value is -2.25. The quantitative estimate of drug-likeness (QED) is 0.587. The highest BCUT2D eigenvalue weighted by molar-refractivity contribution is 9.10. The molecule has 2 aromatic carbocycles. The molecular weight excluding hydrogens is 410 g/mol. The first-order valence-corrected chi connectivity index (χ1v) is 9.91. The second-order valence-corrected chi connectivity index (χ2v) is 8.39. The highest BCUT2D eigenvalue weighted by Crippen LogP contribution is 2.59. The maximum atomic E-state index is 13.4. The van der Waals surface area contributed by atoms with Crippen LogP contribution in [0, 0.1) is 10.1 Å². The summed E-state index contributed by atoms with van der Waals surface area (Å²) in [6.07, 6.45) is 1.62. The van der Waals surface area contributed by atoms with Crippen LogP contribution in [0.3, 0.4) is 0 Å². The first-order valence-electron chi connectivity index (χ1n) is 9.12. The van der Waals surface area contributed by atoms with Crippen LogP contribution in [0.25, 0.3) is 0 Å². The molecule has 5 rings (SSSR count). The predicted octanol–water partition coefficient (Wildman–Crippen LogP) is 3.50. The monoisotopic (exact) mass is 427 g/mol. The van der Waals surface area contributed by atoms with E-state index in [1.807, 2.05) is 48.5 Å². The van der Waals surface area contributed by atoms with Gasteiger partial charge >= 0.3 is 0 Å². The van der Waals surface area contributed by atoms with Gasteiger partial charge in [-0.05, 0) is 36.6 Å². The average Bonchev–Trinajstić information content (AvgIpc) is 3.29.